The third kappa shape index (κ3) is 3.35. The molecule has 0 bridgehead atoms. The first-order valence-electron chi connectivity index (χ1n) is 6.19. The lowest BCUT2D eigenvalue weighted by molar-refractivity contribution is 0.306. The molecule has 0 spiro atoms. The Morgan fingerprint density at radius 2 is 1.89 bits per heavy atom. The molecule has 0 saturated heterocycles. The number of nitrogens with one attached hydrogen (secondary N) is 1. The van der Waals surface area contributed by atoms with E-state index in [0.29, 0.717) is 6.61 Å². The van der Waals surface area contributed by atoms with Crippen LogP contribution in [0.25, 0.3) is 0 Å². The van der Waals surface area contributed by atoms with Gasteiger partial charge in [0, 0.05) is 5.56 Å². The Bertz CT molecular complexity index is 605. The van der Waals surface area contributed by atoms with Gasteiger partial charge in [0.1, 0.15) is 18.2 Å². The maximum atomic E-state index is 7.42. The van der Waals surface area contributed by atoms with Crippen LogP contribution >= 0.6 is 0 Å². The Labute approximate surface area is 113 Å². The van der Waals surface area contributed by atoms with Crippen LogP contribution in [0.1, 0.15) is 22.3 Å². The average molecular weight is 254 g/mol. The topological polar surface area (TPSA) is 59.1 Å². The number of nitrogens with two attached hydrogens (primary N) is 1. The molecule has 98 valence electrons. The highest BCUT2D eigenvalue weighted by molar-refractivity contribution is 5.95. The number of amidine groups is 1. The van der Waals surface area contributed by atoms with Gasteiger partial charge in [-0.15, -0.1) is 0 Å². The molecular weight excluding hydrogens is 236 g/mol. The van der Waals surface area contributed by atoms with Crippen molar-refractivity contribution in [3.63, 3.8) is 0 Å². The van der Waals surface area contributed by atoms with Crippen LogP contribution in [-0.2, 0) is 6.61 Å². The van der Waals surface area contributed by atoms with Crippen LogP contribution in [-0.4, -0.2) is 5.84 Å². The first kappa shape index (κ1) is 13.1. The second-order valence-corrected chi connectivity index (χ2v) is 4.65. The van der Waals surface area contributed by atoms with Gasteiger partial charge in [-0.2, -0.15) is 0 Å². The number of nitrogen functional groups attached to an aromatic ring is 1. The first-order valence-corrected chi connectivity index (χ1v) is 6.19. The largest absolute Gasteiger partial charge is 0.489 e. The van der Waals surface area contributed by atoms with Crippen molar-refractivity contribution in [3.8, 4) is 5.75 Å². The number of hydrogen-bond donors (Lipinski definition) is 2. The normalized spacial score (nSPS) is 10.2. The number of ether oxygens (including phenoxy) is 1. The van der Waals surface area contributed by atoms with E-state index in [1.807, 2.05) is 36.4 Å². The van der Waals surface area contributed by atoms with Gasteiger partial charge in [-0.05, 0) is 48.7 Å². The van der Waals surface area contributed by atoms with Gasteiger partial charge in [-0.25, -0.2) is 0 Å². The fourth-order valence-electron chi connectivity index (χ4n) is 1.80. The third-order valence-corrected chi connectivity index (χ3v) is 3.12. The molecule has 0 saturated carbocycles. The highest BCUT2D eigenvalue weighted by Gasteiger charge is 2.01. The molecule has 0 aliphatic carbocycles. The summed E-state index contributed by atoms with van der Waals surface area (Å²) < 4.78 is 5.75. The molecular formula is C16H18N2O. The zero-order chi connectivity index (χ0) is 13.8. The second kappa shape index (κ2) is 5.57. The zero-order valence-corrected chi connectivity index (χ0v) is 11.2. The molecule has 0 aliphatic rings. The summed E-state index contributed by atoms with van der Waals surface area (Å²) in [5.41, 5.74) is 9.67. The molecule has 0 radical (unpaired) electrons. The van der Waals surface area contributed by atoms with E-state index in [0.717, 1.165) is 16.9 Å². The SMILES string of the molecule is Cc1ccc(OCc2cccc(C(=N)N)c2)cc1C. The van der Waals surface area contributed by atoms with Crippen LogP contribution in [0, 0.1) is 19.3 Å². The van der Waals surface area contributed by atoms with Crippen molar-refractivity contribution in [2.75, 3.05) is 0 Å². The minimum Gasteiger partial charge on any atom is -0.489 e. The summed E-state index contributed by atoms with van der Waals surface area (Å²) in [5, 5.41) is 7.42. The third-order valence-electron chi connectivity index (χ3n) is 3.12. The Hall–Kier alpha value is -2.29. The lowest BCUT2D eigenvalue weighted by Crippen LogP contribution is -2.11. The van der Waals surface area contributed by atoms with Crippen molar-refractivity contribution in [2.24, 2.45) is 5.73 Å². The summed E-state index contributed by atoms with van der Waals surface area (Å²) in [6, 6.07) is 13.6. The summed E-state index contributed by atoms with van der Waals surface area (Å²) in [6.07, 6.45) is 0. The first-order chi connectivity index (χ1) is 9.06. The van der Waals surface area contributed by atoms with E-state index in [9.17, 15) is 0 Å². The molecule has 0 amide bonds. The number of hydrogen-bond acceptors (Lipinski definition) is 2. The quantitative estimate of drug-likeness (QED) is 0.650. The number of aryl methyl sites for hydroxylation is 2. The predicted molar refractivity (Wildman–Crippen MR) is 77.7 cm³/mol. The molecule has 0 fully saturated rings. The van der Waals surface area contributed by atoms with Gasteiger partial charge in [0.2, 0.25) is 0 Å². The van der Waals surface area contributed by atoms with Gasteiger partial charge >= 0.3 is 0 Å². The molecule has 0 aliphatic heterocycles. The summed E-state index contributed by atoms with van der Waals surface area (Å²) in [5.74, 6) is 0.935. The summed E-state index contributed by atoms with van der Waals surface area (Å²) in [7, 11) is 0. The van der Waals surface area contributed by atoms with Crippen LogP contribution in [0.5, 0.6) is 5.75 Å². The van der Waals surface area contributed by atoms with E-state index in [4.69, 9.17) is 15.9 Å². The zero-order valence-electron chi connectivity index (χ0n) is 11.2. The molecule has 2 aromatic carbocycles. The van der Waals surface area contributed by atoms with Crippen molar-refractivity contribution < 1.29 is 4.74 Å². The summed E-state index contributed by atoms with van der Waals surface area (Å²) >= 11 is 0. The van der Waals surface area contributed by atoms with Gasteiger partial charge in [-0.3, -0.25) is 5.41 Å². The predicted octanol–water partition coefficient (Wildman–Crippen LogP) is 3.17. The van der Waals surface area contributed by atoms with Gasteiger partial charge in [-0.1, -0.05) is 24.3 Å². The molecule has 0 heterocycles. The van der Waals surface area contributed by atoms with Crippen molar-refractivity contribution in [3.05, 3.63) is 64.7 Å². The van der Waals surface area contributed by atoms with E-state index in [1.54, 1.807) is 0 Å². The van der Waals surface area contributed by atoms with E-state index in [1.165, 1.54) is 11.1 Å². The molecule has 2 aromatic rings. The summed E-state index contributed by atoms with van der Waals surface area (Å²) in [6.45, 7) is 4.62. The fourth-order valence-corrected chi connectivity index (χ4v) is 1.80. The molecule has 0 unspecified atom stereocenters. The van der Waals surface area contributed by atoms with Crippen LogP contribution in [0.4, 0.5) is 0 Å². The maximum Gasteiger partial charge on any atom is 0.122 e. The van der Waals surface area contributed by atoms with Crippen LogP contribution in [0.3, 0.4) is 0 Å². The number of rotatable bonds is 4. The van der Waals surface area contributed by atoms with Gasteiger partial charge < -0.3 is 10.5 Å². The number of benzene rings is 2. The fraction of sp³-hybridized carbons (Fsp3) is 0.188. The van der Waals surface area contributed by atoms with Gasteiger partial charge in [0.25, 0.3) is 0 Å². The summed E-state index contributed by atoms with van der Waals surface area (Å²) in [4.78, 5) is 0. The Kier molecular flexibility index (Phi) is 3.85. The van der Waals surface area contributed by atoms with Crippen molar-refractivity contribution >= 4 is 5.84 Å². The molecule has 3 nitrogen and oxygen atoms in total. The van der Waals surface area contributed by atoms with Crippen molar-refractivity contribution in [1.29, 1.82) is 5.41 Å². The van der Waals surface area contributed by atoms with Crippen LogP contribution in [0.15, 0.2) is 42.5 Å². The standard InChI is InChI=1S/C16H18N2O/c1-11-6-7-15(8-12(11)2)19-10-13-4-3-5-14(9-13)16(17)18/h3-9H,10H2,1-2H3,(H3,17,18). The lowest BCUT2D eigenvalue weighted by atomic mass is 10.1. The highest BCUT2D eigenvalue weighted by Crippen LogP contribution is 2.18. The van der Waals surface area contributed by atoms with E-state index in [-0.39, 0.29) is 5.84 Å². The molecule has 19 heavy (non-hydrogen) atoms. The highest BCUT2D eigenvalue weighted by atomic mass is 16.5. The maximum absolute atomic E-state index is 7.42. The smallest absolute Gasteiger partial charge is 0.122 e. The van der Waals surface area contributed by atoms with Crippen LogP contribution < -0.4 is 10.5 Å². The van der Waals surface area contributed by atoms with Gasteiger partial charge in [0.15, 0.2) is 0 Å². The van der Waals surface area contributed by atoms with E-state index < -0.39 is 0 Å². The molecule has 2 rings (SSSR count). The second-order valence-electron chi connectivity index (χ2n) is 4.65. The van der Waals surface area contributed by atoms with Crippen molar-refractivity contribution in [2.45, 2.75) is 20.5 Å². The van der Waals surface area contributed by atoms with E-state index in [2.05, 4.69) is 19.9 Å². The molecule has 3 N–H and O–H groups in total. The van der Waals surface area contributed by atoms with Gasteiger partial charge in [0.05, 0.1) is 0 Å². The molecule has 3 heteroatoms. The lowest BCUT2D eigenvalue weighted by Gasteiger charge is -2.09. The van der Waals surface area contributed by atoms with Crippen LogP contribution in [0.2, 0.25) is 0 Å². The Balaban J connectivity index is 2.07. The minimum atomic E-state index is 0.0769. The van der Waals surface area contributed by atoms with E-state index >= 15 is 0 Å². The van der Waals surface area contributed by atoms with Crippen molar-refractivity contribution in [1.82, 2.24) is 0 Å². The average Bonchev–Trinajstić information content (AvgIpc) is 2.40. The Morgan fingerprint density at radius 1 is 1.11 bits per heavy atom. The molecule has 0 aromatic heterocycles. The minimum absolute atomic E-state index is 0.0769. The molecule has 0 atom stereocenters. The Morgan fingerprint density at radius 3 is 2.58 bits per heavy atom. The monoisotopic (exact) mass is 254 g/mol.